The molecule has 6 nitrogen and oxygen atoms in total. The first-order valence-corrected chi connectivity index (χ1v) is 7.13. The number of ether oxygens (including phenoxy) is 3. The minimum Gasteiger partial charge on any atom is -0.497 e. The van der Waals surface area contributed by atoms with Gasteiger partial charge in [-0.1, -0.05) is 6.07 Å². The van der Waals surface area contributed by atoms with Crippen molar-refractivity contribution in [2.24, 2.45) is 0 Å². The molecular formula is C18H21N3O3. The van der Waals surface area contributed by atoms with Crippen molar-refractivity contribution in [3.05, 3.63) is 73.4 Å². The Morgan fingerprint density at radius 2 is 1.38 bits per heavy atom. The van der Waals surface area contributed by atoms with Crippen molar-refractivity contribution in [2.75, 3.05) is 21.3 Å². The van der Waals surface area contributed by atoms with Crippen LogP contribution in [0.4, 0.5) is 0 Å². The van der Waals surface area contributed by atoms with Crippen LogP contribution in [0.2, 0.25) is 0 Å². The van der Waals surface area contributed by atoms with Crippen LogP contribution in [0, 0.1) is 0 Å². The van der Waals surface area contributed by atoms with Crippen LogP contribution in [-0.2, 0) is 0 Å². The quantitative estimate of drug-likeness (QED) is 0.735. The molecular weight excluding hydrogens is 306 g/mol. The molecule has 0 N–H and O–H groups in total. The minimum atomic E-state index is 0.660. The lowest BCUT2D eigenvalue weighted by atomic mass is 10.5. The van der Waals surface area contributed by atoms with E-state index in [1.54, 1.807) is 70.5 Å². The minimum absolute atomic E-state index is 0.660. The first-order valence-electron chi connectivity index (χ1n) is 7.13. The molecule has 24 heavy (non-hydrogen) atoms. The molecule has 3 heterocycles. The van der Waals surface area contributed by atoms with Crippen LogP contribution in [0.5, 0.6) is 17.4 Å². The number of nitrogens with zero attached hydrogens (tertiary/aromatic N) is 3. The summed E-state index contributed by atoms with van der Waals surface area (Å²) >= 11 is 0. The number of hydrogen-bond acceptors (Lipinski definition) is 6. The number of aromatic nitrogens is 3. The van der Waals surface area contributed by atoms with E-state index in [2.05, 4.69) is 15.0 Å². The van der Waals surface area contributed by atoms with E-state index in [1.165, 1.54) is 0 Å². The molecule has 3 aromatic rings. The average Bonchev–Trinajstić information content (AvgIpc) is 2.71. The van der Waals surface area contributed by atoms with E-state index in [0.29, 0.717) is 5.88 Å². The van der Waals surface area contributed by atoms with Gasteiger partial charge in [0.25, 0.3) is 0 Å². The normalized spacial score (nSPS) is 8.62. The van der Waals surface area contributed by atoms with E-state index < -0.39 is 0 Å². The SMILES string of the molecule is COc1ccccn1.COc1cccnc1.COc1ccncc1. The summed E-state index contributed by atoms with van der Waals surface area (Å²) in [6.07, 6.45) is 8.46. The molecule has 0 fully saturated rings. The first kappa shape index (κ1) is 18.9. The summed E-state index contributed by atoms with van der Waals surface area (Å²) < 4.78 is 14.5. The highest BCUT2D eigenvalue weighted by Crippen LogP contribution is 2.04. The maximum Gasteiger partial charge on any atom is 0.212 e. The van der Waals surface area contributed by atoms with E-state index in [9.17, 15) is 0 Å². The van der Waals surface area contributed by atoms with Gasteiger partial charge in [0.05, 0.1) is 27.5 Å². The molecule has 0 aliphatic heterocycles. The number of rotatable bonds is 3. The number of methoxy groups -OCH3 is 3. The van der Waals surface area contributed by atoms with E-state index >= 15 is 0 Å². The van der Waals surface area contributed by atoms with Gasteiger partial charge in [-0.3, -0.25) is 9.97 Å². The van der Waals surface area contributed by atoms with Gasteiger partial charge in [0.1, 0.15) is 11.5 Å². The monoisotopic (exact) mass is 327 g/mol. The zero-order valence-electron chi connectivity index (χ0n) is 14.0. The average molecular weight is 327 g/mol. The predicted molar refractivity (Wildman–Crippen MR) is 92.4 cm³/mol. The van der Waals surface area contributed by atoms with Crippen molar-refractivity contribution in [1.82, 2.24) is 15.0 Å². The highest BCUT2D eigenvalue weighted by atomic mass is 16.5. The third kappa shape index (κ3) is 8.33. The van der Waals surface area contributed by atoms with Gasteiger partial charge in [0, 0.05) is 30.9 Å². The van der Waals surface area contributed by atoms with Gasteiger partial charge in [-0.25, -0.2) is 4.98 Å². The molecule has 0 spiro atoms. The fraction of sp³-hybridized carbons (Fsp3) is 0.167. The Kier molecular flexibility index (Phi) is 9.76. The molecule has 3 rings (SSSR count). The van der Waals surface area contributed by atoms with E-state index in [0.717, 1.165) is 11.5 Å². The molecule has 0 aliphatic rings. The Labute approximate surface area is 142 Å². The Bertz CT molecular complexity index is 544. The Balaban J connectivity index is 0.000000180. The maximum absolute atomic E-state index is 4.87. The van der Waals surface area contributed by atoms with Crippen molar-refractivity contribution in [3.8, 4) is 17.4 Å². The summed E-state index contributed by atoms with van der Waals surface area (Å²) in [5, 5.41) is 0. The molecule has 6 heteroatoms. The van der Waals surface area contributed by atoms with Crippen LogP contribution in [0.3, 0.4) is 0 Å². The fourth-order valence-corrected chi connectivity index (χ4v) is 1.41. The second-order valence-electron chi connectivity index (χ2n) is 4.15. The van der Waals surface area contributed by atoms with Crippen molar-refractivity contribution in [1.29, 1.82) is 0 Å². The molecule has 0 atom stereocenters. The van der Waals surface area contributed by atoms with Gasteiger partial charge in [0.2, 0.25) is 5.88 Å². The second kappa shape index (κ2) is 12.4. The van der Waals surface area contributed by atoms with Crippen molar-refractivity contribution >= 4 is 0 Å². The van der Waals surface area contributed by atoms with E-state index in [4.69, 9.17) is 14.2 Å². The maximum atomic E-state index is 4.87. The van der Waals surface area contributed by atoms with Crippen molar-refractivity contribution in [3.63, 3.8) is 0 Å². The molecule has 126 valence electrons. The van der Waals surface area contributed by atoms with Gasteiger partial charge in [-0.2, -0.15) is 0 Å². The number of pyridine rings is 3. The van der Waals surface area contributed by atoms with Crippen LogP contribution in [0.15, 0.2) is 73.4 Å². The summed E-state index contributed by atoms with van der Waals surface area (Å²) in [6.45, 7) is 0. The van der Waals surface area contributed by atoms with Crippen LogP contribution in [0.25, 0.3) is 0 Å². The van der Waals surface area contributed by atoms with Gasteiger partial charge in [0.15, 0.2) is 0 Å². The van der Waals surface area contributed by atoms with Gasteiger partial charge < -0.3 is 14.2 Å². The zero-order chi connectivity index (χ0) is 17.5. The zero-order valence-corrected chi connectivity index (χ0v) is 14.0. The second-order valence-corrected chi connectivity index (χ2v) is 4.15. The standard InChI is InChI=1S/3C6H7NO/c1-8-6-2-4-7-5-3-6;1-8-6-3-2-4-7-5-6;1-8-6-4-2-3-5-7-6/h3*2-5H,1H3. The molecule has 0 saturated carbocycles. The third-order valence-corrected chi connectivity index (χ3v) is 2.60. The van der Waals surface area contributed by atoms with E-state index in [1.807, 2.05) is 24.3 Å². The summed E-state index contributed by atoms with van der Waals surface area (Å²) in [6, 6.07) is 12.8. The highest BCUT2D eigenvalue weighted by Gasteiger charge is 1.83. The summed E-state index contributed by atoms with van der Waals surface area (Å²) in [5.74, 6) is 2.31. The molecule has 0 aliphatic carbocycles. The van der Waals surface area contributed by atoms with Gasteiger partial charge in [-0.05, 0) is 30.3 Å². The molecule has 0 radical (unpaired) electrons. The summed E-state index contributed by atoms with van der Waals surface area (Å²) in [7, 11) is 4.86. The largest absolute Gasteiger partial charge is 0.497 e. The van der Waals surface area contributed by atoms with E-state index in [-0.39, 0.29) is 0 Å². The topological polar surface area (TPSA) is 66.4 Å². The van der Waals surface area contributed by atoms with Crippen LogP contribution >= 0.6 is 0 Å². The molecule has 0 saturated heterocycles. The lowest BCUT2D eigenvalue weighted by Crippen LogP contribution is -1.83. The highest BCUT2D eigenvalue weighted by molar-refractivity contribution is 5.16. The fourth-order valence-electron chi connectivity index (χ4n) is 1.41. The van der Waals surface area contributed by atoms with Crippen LogP contribution in [-0.4, -0.2) is 36.3 Å². The summed E-state index contributed by atoms with van der Waals surface area (Å²) in [4.78, 5) is 11.5. The Morgan fingerprint density at radius 1 is 0.625 bits per heavy atom. The smallest absolute Gasteiger partial charge is 0.212 e. The molecule has 0 unspecified atom stereocenters. The lowest BCUT2D eigenvalue weighted by Gasteiger charge is -1.93. The lowest BCUT2D eigenvalue weighted by molar-refractivity contribution is 0.398. The number of hydrogen-bond donors (Lipinski definition) is 0. The van der Waals surface area contributed by atoms with Gasteiger partial charge in [-0.15, -0.1) is 0 Å². The first-order chi connectivity index (χ1) is 11.8. The molecule has 0 amide bonds. The van der Waals surface area contributed by atoms with Crippen molar-refractivity contribution < 1.29 is 14.2 Å². The Morgan fingerprint density at radius 3 is 1.75 bits per heavy atom. The Hall–Kier alpha value is -3.15. The third-order valence-electron chi connectivity index (χ3n) is 2.60. The van der Waals surface area contributed by atoms with Crippen LogP contribution in [0.1, 0.15) is 0 Å². The van der Waals surface area contributed by atoms with Crippen LogP contribution < -0.4 is 14.2 Å². The predicted octanol–water partition coefficient (Wildman–Crippen LogP) is 3.27. The van der Waals surface area contributed by atoms with Gasteiger partial charge >= 0.3 is 0 Å². The molecule has 0 aromatic carbocycles. The van der Waals surface area contributed by atoms with Crippen molar-refractivity contribution in [2.45, 2.75) is 0 Å². The molecule has 0 bridgehead atoms. The molecule has 3 aromatic heterocycles. The summed E-state index contributed by atoms with van der Waals surface area (Å²) in [5.41, 5.74) is 0.